The summed E-state index contributed by atoms with van der Waals surface area (Å²) >= 11 is 0. The molecule has 1 heterocycles. The molecule has 0 radical (unpaired) electrons. The molecule has 0 aliphatic carbocycles. The topological polar surface area (TPSA) is 90.9 Å². The van der Waals surface area contributed by atoms with Gasteiger partial charge in [-0.3, -0.25) is 4.68 Å². The lowest BCUT2D eigenvalue weighted by Crippen LogP contribution is -2.02. The molecule has 0 spiro atoms. The summed E-state index contributed by atoms with van der Waals surface area (Å²) in [5, 5.41) is 4.10. The second-order valence-corrected chi connectivity index (χ2v) is 5.75. The van der Waals surface area contributed by atoms with Gasteiger partial charge in [-0.15, -0.1) is 0 Å². The summed E-state index contributed by atoms with van der Waals surface area (Å²) in [5.74, 6) is 0.470. The molecule has 0 unspecified atom stereocenters. The predicted octanol–water partition coefficient (Wildman–Crippen LogP) is 0.468. The highest BCUT2D eigenvalue weighted by atomic mass is 32.2. The Bertz CT molecular complexity index is 661. The van der Waals surface area contributed by atoms with Gasteiger partial charge in [0.25, 0.3) is 0 Å². The Morgan fingerprint density at radius 1 is 1.35 bits per heavy atom. The Kier molecular flexibility index (Phi) is 2.62. The van der Waals surface area contributed by atoms with Crippen LogP contribution in [0.4, 0.5) is 5.69 Å². The third kappa shape index (κ3) is 2.28. The van der Waals surface area contributed by atoms with Crippen LogP contribution in [0.2, 0.25) is 0 Å². The summed E-state index contributed by atoms with van der Waals surface area (Å²) in [7, 11) is -1.60. The molecule has 0 amide bonds. The molecule has 0 bridgehead atoms. The minimum atomic E-state index is -3.34. The van der Waals surface area contributed by atoms with Crippen molar-refractivity contribution < 1.29 is 8.42 Å². The van der Waals surface area contributed by atoms with Gasteiger partial charge in [0.15, 0.2) is 15.7 Å². The highest BCUT2D eigenvalue weighted by Crippen LogP contribution is 2.24. The Balaban J connectivity index is 2.59. The Morgan fingerprint density at radius 3 is 2.59 bits per heavy atom. The summed E-state index contributed by atoms with van der Waals surface area (Å²) in [6.07, 6.45) is 2.67. The Labute approximate surface area is 99.0 Å². The van der Waals surface area contributed by atoms with Crippen molar-refractivity contribution in [2.24, 2.45) is 7.05 Å². The summed E-state index contributed by atoms with van der Waals surface area (Å²) < 4.78 is 24.6. The fourth-order valence-electron chi connectivity index (χ4n) is 1.47. The van der Waals surface area contributed by atoms with Crippen LogP contribution in [0.5, 0.6) is 0 Å². The van der Waals surface area contributed by atoms with E-state index in [-0.39, 0.29) is 10.6 Å². The molecule has 2 aromatic rings. The fraction of sp³-hybridized carbons (Fsp3) is 0.200. The van der Waals surface area contributed by atoms with Gasteiger partial charge in [0.1, 0.15) is 6.33 Å². The molecule has 0 aliphatic rings. The van der Waals surface area contributed by atoms with Crippen LogP contribution in [-0.4, -0.2) is 29.4 Å². The normalized spacial score (nSPS) is 11.6. The fourth-order valence-corrected chi connectivity index (χ4v) is 2.30. The number of nitrogens with two attached hydrogens (primary N) is 1. The molecule has 0 saturated heterocycles. The maximum atomic E-state index is 11.5. The lowest BCUT2D eigenvalue weighted by Gasteiger charge is -2.04. The van der Waals surface area contributed by atoms with Crippen molar-refractivity contribution in [3.05, 3.63) is 24.5 Å². The maximum absolute atomic E-state index is 11.5. The number of aryl methyl sites for hydroxylation is 1. The van der Waals surface area contributed by atoms with E-state index in [0.717, 1.165) is 6.26 Å². The van der Waals surface area contributed by atoms with Crippen LogP contribution in [0.15, 0.2) is 29.4 Å². The van der Waals surface area contributed by atoms with Gasteiger partial charge in [-0.1, -0.05) is 0 Å². The van der Waals surface area contributed by atoms with E-state index in [9.17, 15) is 8.42 Å². The zero-order valence-electron chi connectivity index (χ0n) is 9.45. The van der Waals surface area contributed by atoms with Gasteiger partial charge in [0.2, 0.25) is 0 Å². The van der Waals surface area contributed by atoms with Crippen molar-refractivity contribution in [1.29, 1.82) is 0 Å². The van der Waals surface area contributed by atoms with Crippen LogP contribution in [0, 0.1) is 0 Å². The molecule has 0 atom stereocenters. The lowest BCUT2D eigenvalue weighted by molar-refractivity contribution is 0.602. The molecular weight excluding hydrogens is 240 g/mol. The molecular formula is C10H12N4O2S. The molecule has 7 heteroatoms. The number of aromatic nitrogens is 3. The Morgan fingerprint density at radius 2 is 2.06 bits per heavy atom. The third-order valence-electron chi connectivity index (χ3n) is 2.27. The van der Waals surface area contributed by atoms with E-state index in [1.165, 1.54) is 6.07 Å². The highest BCUT2D eigenvalue weighted by molar-refractivity contribution is 7.90. The van der Waals surface area contributed by atoms with Gasteiger partial charge in [0, 0.05) is 18.9 Å². The van der Waals surface area contributed by atoms with Crippen LogP contribution >= 0.6 is 0 Å². The molecule has 2 N–H and O–H groups in total. The number of hydrogen-bond acceptors (Lipinski definition) is 5. The van der Waals surface area contributed by atoms with Crippen molar-refractivity contribution in [2.45, 2.75) is 4.90 Å². The zero-order chi connectivity index (χ0) is 12.6. The van der Waals surface area contributed by atoms with Crippen LogP contribution in [0.1, 0.15) is 0 Å². The first-order valence-corrected chi connectivity index (χ1v) is 6.72. The van der Waals surface area contributed by atoms with Crippen molar-refractivity contribution in [2.75, 3.05) is 12.0 Å². The van der Waals surface area contributed by atoms with E-state index in [1.807, 2.05) is 0 Å². The van der Waals surface area contributed by atoms with E-state index >= 15 is 0 Å². The molecule has 0 fully saturated rings. The number of anilines is 1. The first kappa shape index (κ1) is 11.6. The van der Waals surface area contributed by atoms with E-state index in [0.29, 0.717) is 11.4 Å². The molecule has 6 nitrogen and oxygen atoms in total. The van der Waals surface area contributed by atoms with Crippen LogP contribution < -0.4 is 5.73 Å². The maximum Gasteiger partial charge on any atom is 0.181 e. The Hall–Kier alpha value is -1.89. The van der Waals surface area contributed by atoms with E-state index in [2.05, 4.69) is 10.1 Å². The van der Waals surface area contributed by atoms with Gasteiger partial charge in [-0.25, -0.2) is 13.4 Å². The van der Waals surface area contributed by atoms with Crippen LogP contribution in [-0.2, 0) is 16.9 Å². The monoisotopic (exact) mass is 252 g/mol. The second-order valence-electron chi connectivity index (χ2n) is 3.77. The van der Waals surface area contributed by atoms with Gasteiger partial charge < -0.3 is 5.73 Å². The average molecular weight is 252 g/mol. The molecule has 2 rings (SSSR count). The van der Waals surface area contributed by atoms with Crippen molar-refractivity contribution in [1.82, 2.24) is 14.8 Å². The van der Waals surface area contributed by atoms with E-state index in [1.54, 1.807) is 30.2 Å². The van der Waals surface area contributed by atoms with Crippen molar-refractivity contribution in [3.8, 4) is 11.4 Å². The largest absolute Gasteiger partial charge is 0.398 e. The van der Waals surface area contributed by atoms with E-state index < -0.39 is 9.84 Å². The predicted molar refractivity (Wildman–Crippen MR) is 64.0 cm³/mol. The number of nitrogens with zero attached hydrogens (tertiary/aromatic N) is 3. The summed E-state index contributed by atoms with van der Waals surface area (Å²) in [5.41, 5.74) is 6.49. The molecule has 1 aromatic carbocycles. The quantitative estimate of drug-likeness (QED) is 0.784. The first-order chi connectivity index (χ1) is 7.88. The zero-order valence-corrected chi connectivity index (χ0v) is 10.3. The number of nitrogen functional groups attached to an aromatic ring is 1. The average Bonchev–Trinajstić information content (AvgIpc) is 2.64. The number of hydrogen-bond donors (Lipinski definition) is 1. The summed E-state index contributed by atoms with van der Waals surface area (Å²) in [4.78, 5) is 4.15. The molecule has 1 aromatic heterocycles. The summed E-state index contributed by atoms with van der Waals surface area (Å²) in [6, 6.07) is 4.72. The van der Waals surface area contributed by atoms with Gasteiger partial charge >= 0.3 is 0 Å². The lowest BCUT2D eigenvalue weighted by atomic mass is 10.2. The summed E-state index contributed by atoms with van der Waals surface area (Å²) in [6.45, 7) is 0. The highest BCUT2D eigenvalue weighted by Gasteiger charge is 2.14. The standard InChI is InChI=1S/C10H12N4O2S/c1-14-6-12-10(13-14)7-3-4-8(11)9(5-7)17(2,15)16/h3-6H,11H2,1-2H3. The minimum absolute atomic E-state index is 0.0995. The van der Waals surface area contributed by atoms with Gasteiger partial charge in [-0.05, 0) is 18.2 Å². The molecule has 90 valence electrons. The minimum Gasteiger partial charge on any atom is -0.398 e. The van der Waals surface area contributed by atoms with Crippen molar-refractivity contribution in [3.63, 3.8) is 0 Å². The number of benzene rings is 1. The number of rotatable bonds is 2. The van der Waals surface area contributed by atoms with Gasteiger partial charge in [-0.2, -0.15) is 5.10 Å². The second kappa shape index (κ2) is 3.85. The van der Waals surface area contributed by atoms with Crippen molar-refractivity contribution >= 4 is 15.5 Å². The van der Waals surface area contributed by atoms with Crippen LogP contribution in [0.3, 0.4) is 0 Å². The smallest absolute Gasteiger partial charge is 0.181 e. The third-order valence-corrected chi connectivity index (χ3v) is 3.42. The van der Waals surface area contributed by atoms with E-state index in [4.69, 9.17) is 5.73 Å². The number of sulfone groups is 1. The first-order valence-electron chi connectivity index (χ1n) is 4.83. The van der Waals surface area contributed by atoms with Crippen LogP contribution in [0.25, 0.3) is 11.4 Å². The molecule has 17 heavy (non-hydrogen) atoms. The van der Waals surface area contributed by atoms with Gasteiger partial charge in [0.05, 0.1) is 10.6 Å². The SMILES string of the molecule is Cn1cnc(-c2ccc(N)c(S(C)(=O)=O)c2)n1. The molecule has 0 aliphatic heterocycles. The molecule has 0 saturated carbocycles.